The van der Waals surface area contributed by atoms with Gasteiger partial charge in [0.2, 0.25) is 11.8 Å². The molecule has 2 aromatic rings. The zero-order chi connectivity index (χ0) is 22.1. The minimum atomic E-state index is -0.244. The van der Waals surface area contributed by atoms with Gasteiger partial charge in [-0.1, -0.05) is 66.7 Å². The molecule has 2 amide bonds. The zero-order valence-electron chi connectivity index (χ0n) is 18.2. The second-order valence-corrected chi connectivity index (χ2v) is 7.84. The lowest BCUT2D eigenvalue weighted by Crippen LogP contribution is -2.55. The molecule has 1 saturated heterocycles. The van der Waals surface area contributed by atoms with E-state index >= 15 is 0 Å². The van der Waals surface area contributed by atoms with Crippen LogP contribution in [0.3, 0.4) is 0 Å². The highest BCUT2D eigenvalue weighted by atomic mass is 16.2. The van der Waals surface area contributed by atoms with Crippen LogP contribution in [0.5, 0.6) is 0 Å². The lowest BCUT2D eigenvalue weighted by molar-refractivity contribution is -0.128. The number of piperazine rings is 1. The van der Waals surface area contributed by atoms with Gasteiger partial charge in [-0.15, -0.1) is 6.58 Å². The van der Waals surface area contributed by atoms with Crippen LogP contribution < -0.4 is 10.6 Å². The molecule has 164 valence electrons. The Kier molecular flexibility index (Phi) is 8.38. The van der Waals surface area contributed by atoms with Crippen LogP contribution in [0.1, 0.15) is 24.1 Å². The van der Waals surface area contributed by atoms with Gasteiger partial charge in [0.05, 0.1) is 18.6 Å². The second kappa shape index (κ2) is 11.4. The number of hydrogen-bond donors (Lipinski definition) is 2. The molecule has 0 bridgehead atoms. The zero-order valence-corrected chi connectivity index (χ0v) is 18.2. The second-order valence-electron chi connectivity index (χ2n) is 7.84. The molecule has 3 rings (SSSR count). The molecule has 1 fully saturated rings. The van der Waals surface area contributed by atoms with Gasteiger partial charge >= 0.3 is 0 Å². The van der Waals surface area contributed by atoms with Crippen LogP contribution >= 0.6 is 0 Å². The minimum Gasteiger partial charge on any atom is -0.352 e. The Morgan fingerprint density at radius 2 is 1.52 bits per heavy atom. The largest absolute Gasteiger partial charge is 0.352 e. The smallest absolute Gasteiger partial charge is 0.237 e. The predicted molar refractivity (Wildman–Crippen MR) is 124 cm³/mol. The summed E-state index contributed by atoms with van der Waals surface area (Å²) in [4.78, 5) is 29.3. The van der Waals surface area contributed by atoms with Crippen LogP contribution in [-0.2, 0) is 9.59 Å². The molecule has 0 saturated carbocycles. The van der Waals surface area contributed by atoms with Crippen LogP contribution in [0.2, 0.25) is 0 Å². The average Bonchev–Trinajstić information content (AvgIpc) is 2.82. The average molecular weight is 421 g/mol. The summed E-state index contributed by atoms with van der Waals surface area (Å²) < 4.78 is 0. The quantitative estimate of drug-likeness (QED) is 0.611. The van der Waals surface area contributed by atoms with Gasteiger partial charge < -0.3 is 10.6 Å². The first-order valence-corrected chi connectivity index (χ1v) is 10.8. The molecular weight excluding hydrogens is 388 g/mol. The maximum atomic E-state index is 13.1. The van der Waals surface area contributed by atoms with Gasteiger partial charge in [-0.3, -0.25) is 19.4 Å². The van der Waals surface area contributed by atoms with Crippen LogP contribution in [0.15, 0.2) is 73.3 Å². The summed E-state index contributed by atoms with van der Waals surface area (Å²) in [5.41, 5.74) is 2.12. The first-order valence-electron chi connectivity index (χ1n) is 10.8. The first kappa shape index (κ1) is 22.7. The maximum absolute atomic E-state index is 13.1. The van der Waals surface area contributed by atoms with E-state index in [-0.39, 0.29) is 23.9 Å². The number of benzene rings is 2. The highest BCUT2D eigenvalue weighted by molar-refractivity contribution is 5.82. The van der Waals surface area contributed by atoms with Gasteiger partial charge in [0.25, 0.3) is 0 Å². The van der Waals surface area contributed by atoms with Crippen molar-refractivity contribution in [2.24, 2.45) is 0 Å². The van der Waals surface area contributed by atoms with Crippen LogP contribution in [0.25, 0.3) is 0 Å². The third-order valence-corrected chi connectivity index (χ3v) is 5.70. The Bertz CT molecular complexity index is 809. The topological polar surface area (TPSA) is 64.7 Å². The van der Waals surface area contributed by atoms with Crippen molar-refractivity contribution >= 4 is 11.8 Å². The molecule has 1 aliphatic rings. The lowest BCUT2D eigenvalue weighted by atomic mass is 9.98. The van der Waals surface area contributed by atoms with E-state index in [1.165, 1.54) is 0 Å². The van der Waals surface area contributed by atoms with E-state index in [0.29, 0.717) is 13.1 Å². The molecule has 0 aromatic heterocycles. The van der Waals surface area contributed by atoms with Gasteiger partial charge in [0, 0.05) is 32.7 Å². The highest BCUT2D eigenvalue weighted by Crippen LogP contribution is 2.22. The molecule has 1 heterocycles. The molecule has 6 nitrogen and oxygen atoms in total. The molecule has 1 atom stereocenters. The predicted octanol–water partition coefficient (Wildman–Crippen LogP) is 2.20. The summed E-state index contributed by atoms with van der Waals surface area (Å²) in [7, 11) is 0. The first-order chi connectivity index (χ1) is 15.1. The standard InChI is InChI=1S/C25H32N4O2/c1-3-14-26-23(30)19-28-15-17-29(18-16-28)20(2)25(31)27-24(21-10-6-4-7-11-21)22-12-8-5-9-13-22/h3-13,20,24H,1,14-19H2,2H3,(H,26,30)(H,27,31). The van der Waals surface area contributed by atoms with E-state index in [9.17, 15) is 9.59 Å². The van der Waals surface area contributed by atoms with Gasteiger partial charge in [0.15, 0.2) is 0 Å². The van der Waals surface area contributed by atoms with Gasteiger partial charge in [-0.05, 0) is 18.1 Å². The molecule has 0 radical (unpaired) electrons. The number of nitrogens with one attached hydrogen (secondary N) is 2. The summed E-state index contributed by atoms with van der Waals surface area (Å²) in [6.45, 7) is 9.47. The summed E-state index contributed by atoms with van der Waals surface area (Å²) in [5, 5.41) is 6.05. The number of nitrogens with zero attached hydrogens (tertiary/aromatic N) is 2. The van der Waals surface area contributed by atoms with E-state index < -0.39 is 0 Å². The van der Waals surface area contributed by atoms with Crippen molar-refractivity contribution in [3.8, 4) is 0 Å². The minimum absolute atomic E-state index is 0.00713. The number of carbonyl (C=O) groups excluding carboxylic acids is 2. The van der Waals surface area contributed by atoms with Crippen molar-refractivity contribution in [3.63, 3.8) is 0 Å². The fourth-order valence-electron chi connectivity index (χ4n) is 3.83. The van der Waals surface area contributed by atoms with Gasteiger partial charge in [-0.25, -0.2) is 0 Å². The van der Waals surface area contributed by atoms with Crippen molar-refractivity contribution in [3.05, 3.63) is 84.4 Å². The van der Waals surface area contributed by atoms with Crippen molar-refractivity contribution in [2.45, 2.75) is 19.0 Å². The third-order valence-electron chi connectivity index (χ3n) is 5.70. The van der Waals surface area contributed by atoms with Crippen molar-refractivity contribution in [1.29, 1.82) is 0 Å². The Labute approximate surface area is 184 Å². The summed E-state index contributed by atoms with van der Waals surface area (Å²) in [6, 6.07) is 19.7. The normalized spacial score (nSPS) is 15.9. The van der Waals surface area contributed by atoms with Crippen LogP contribution in [-0.4, -0.2) is 66.9 Å². The number of hydrogen-bond acceptors (Lipinski definition) is 4. The molecule has 0 aliphatic carbocycles. The summed E-state index contributed by atoms with van der Waals surface area (Å²) in [5.74, 6) is 0.0163. The van der Waals surface area contributed by atoms with Crippen molar-refractivity contribution in [1.82, 2.24) is 20.4 Å². The Morgan fingerprint density at radius 1 is 0.968 bits per heavy atom. The summed E-state index contributed by atoms with van der Waals surface area (Å²) >= 11 is 0. The van der Waals surface area contributed by atoms with E-state index in [4.69, 9.17) is 0 Å². The molecule has 6 heteroatoms. The molecule has 1 unspecified atom stereocenters. The van der Waals surface area contributed by atoms with Gasteiger partial charge in [0.1, 0.15) is 0 Å². The van der Waals surface area contributed by atoms with Crippen molar-refractivity contribution < 1.29 is 9.59 Å². The van der Waals surface area contributed by atoms with E-state index in [2.05, 4.69) is 27.0 Å². The monoisotopic (exact) mass is 420 g/mol. The SMILES string of the molecule is C=CCNC(=O)CN1CCN(C(C)C(=O)NC(c2ccccc2)c2ccccc2)CC1. The van der Waals surface area contributed by atoms with Crippen LogP contribution in [0, 0.1) is 0 Å². The Hall–Kier alpha value is -2.96. The fourth-order valence-corrected chi connectivity index (χ4v) is 3.83. The Morgan fingerprint density at radius 3 is 2.03 bits per heavy atom. The van der Waals surface area contributed by atoms with E-state index in [0.717, 1.165) is 37.3 Å². The third kappa shape index (κ3) is 6.51. The number of amides is 2. The Balaban J connectivity index is 1.58. The molecule has 31 heavy (non-hydrogen) atoms. The molecule has 0 spiro atoms. The van der Waals surface area contributed by atoms with E-state index in [1.807, 2.05) is 67.6 Å². The highest BCUT2D eigenvalue weighted by Gasteiger charge is 2.28. The van der Waals surface area contributed by atoms with Crippen molar-refractivity contribution in [2.75, 3.05) is 39.3 Å². The molecule has 2 aromatic carbocycles. The summed E-state index contributed by atoms with van der Waals surface area (Å²) in [6.07, 6.45) is 1.67. The molecular formula is C25H32N4O2. The van der Waals surface area contributed by atoms with Gasteiger partial charge in [-0.2, -0.15) is 0 Å². The van der Waals surface area contributed by atoms with E-state index in [1.54, 1.807) is 6.08 Å². The van der Waals surface area contributed by atoms with Crippen LogP contribution in [0.4, 0.5) is 0 Å². The lowest BCUT2D eigenvalue weighted by Gasteiger charge is -2.37. The maximum Gasteiger partial charge on any atom is 0.237 e. The number of rotatable bonds is 9. The molecule has 2 N–H and O–H groups in total. The molecule has 1 aliphatic heterocycles. The number of carbonyl (C=O) groups is 2. The fraction of sp³-hybridized carbons (Fsp3) is 0.360.